The van der Waals surface area contributed by atoms with Gasteiger partial charge < -0.3 is 0 Å². The molecule has 0 saturated heterocycles. The van der Waals surface area contributed by atoms with Crippen molar-refractivity contribution in [2.24, 2.45) is 0 Å². The molecule has 0 spiro atoms. The molecular formula is C15H22OS. The van der Waals surface area contributed by atoms with Gasteiger partial charge in [0, 0.05) is 5.56 Å². The van der Waals surface area contributed by atoms with Crippen LogP contribution in [-0.4, -0.2) is 12.5 Å². The zero-order valence-corrected chi connectivity index (χ0v) is 12.0. The van der Waals surface area contributed by atoms with Gasteiger partial charge in [-0.05, 0) is 43.1 Å². The molecule has 0 bridgehead atoms. The number of thioether (sulfide) groups is 1. The van der Waals surface area contributed by atoms with E-state index in [4.69, 9.17) is 0 Å². The Labute approximate surface area is 109 Å². The lowest BCUT2D eigenvalue weighted by atomic mass is 10.1. The van der Waals surface area contributed by atoms with Gasteiger partial charge in [0.1, 0.15) is 6.29 Å². The van der Waals surface area contributed by atoms with E-state index in [9.17, 15) is 4.79 Å². The summed E-state index contributed by atoms with van der Waals surface area (Å²) in [6.07, 6.45) is 5.13. The number of allylic oxidation sites excluding steroid dienone is 1. The molecule has 0 aliphatic rings. The molecular weight excluding hydrogens is 228 g/mol. The van der Waals surface area contributed by atoms with Gasteiger partial charge in [-0.15, -0.1) is 11.8 Å². The topological polar surface area (TPSA) is 17.1 Å². The maximum Gasteiger partial charge on any atom is 0.150 e. The molecule has 0 aromatic heterocycles. The first kappa shape index (κ1) is 16.0. The highest BCUT2D eigenvalue weighted by molar-refractivity contribution is 8.01. The monoisotopic (exact) mass is 250 g/mol. The molecule has 0 aliphatic carbocycles. The number of aryl methyl sites for hydroxylation is 1. The van der Waals surface area contributed by atoms with Gasteiger partial charge in [-0.3, -0.25) is 4.79 Å². The second-order valence-electron chi connectivity index (χ2n) is 3.77. The van der Waals surface area contributed by atoms with Crippen molar-refractivity contribution in [3.05, 3.63) is 46.4 Å². The summed E-state index contributed by atoms with van der Waals surface area (Å²) in [6, 6.07) is 7.65. The highest BCUT2D eigenvalue weighted by Gasteiger charge is 1.89. The minimum Gasteiger partial charge on any atom is -0.298 e. The van der Waals surface area contributed by atoms with Gasteiger partial charge in [-0.2, -0.15) is 0 Å². The van der Waals surface area contributed by atoms with Crippen LogP contribution < -0.4 is 0 Å². The van der Waals surface area contributed by atoms with Crippen molar-refractivity contribution in [3.8, 4) is 0 Å². The summed E-state index contributed by atoms with van der Waals surface area (Å²) in [6.45, 7) is 6.39. The molecule has 0 saturated carbocycles. The predicted octanol–water partition coefficient (Wildman–Crippen LogP) is 4.72. The van der Waals surface area contributed by atoms with E-state index in [1.54, 1.807) is 11.8 Å². The number of hydrogen-bond acceptors (Lipinski definition) is 2. The van der Waals surface area contributed by atoms with Crippen molar-refractivity contribution in [2.75, 3.05) is 6.26 Å². The van der Waals surface area contributed by atoms with Crippen molar-refractivity contribution >= 4 is 18.0 Å². The molecule has 1 aromatic rings. The van der Waals surface area contributed by atoms with Crippen molar-refractivity contribution in [3.63, 3.8) is 0 Å². The normalized spacial score (nSPS) is 10.5. The predicted molar refractivity (Wildman–Crippen MR) is 78.8 cm³/mol. The third-order valence-electron chi connectivity index (χ3n) is 2.37. The lowest BCUT2D eigenvalue weighted by Crippen LogP contribution is -1.82. The van der Waals surface area contributed by atoms with Crippen LogP contribution in [0.5, 0.6) is 0 Å². The highest BCUT2D eigenvalue weighted by atomic mass is 32.2. The quantitative estimate of drug-likeness (QED) is 0.719. The maximum atomic E-state index is 10.3. The van der Waals surface area contributed by atoms with E-state index in [0.29, 0.717) is 0 Å². The minimum absolute atomic E-state index is 0.763. The first-order chi connectivity index (χ1) is 8.17. The Bertz CT molecular complexity index is 356. The van der Waals surface area contributed by atoms with Gasteiger partial charge in [-0.25, -0.2) is 0 Å². The third kappa shape index (κ3) is 7.81. The highest BCUT2D eigenvalue weighted by Crippen LogP contribution is 2.04. The first-order valence-corrected chi connectivity index (χ1v) is 7.19. The van der Waals surface area contributed by atoms with Crippen molar-refractivity contribution < 1.29 is 4.79 Å². The third-order valence-corrected chi connectivity index (χ3v) is 3.01. The van der Waals surface area contributed by atoms with Crippen LogP contribution in [0.2, 0.25) is 0 Å². The molecule has 0 heterocycles. The van der Waals surface area contributed by atoms with Crippen molar-refractivity contribution in [1.29, 1.82) is 0 Å². The summed E-state index contributed by atoms with van der Waals surface area (Å²) in [5.41, 5.74) is 3.44. The molecule has 0 unspecified atom stereocenters. The van der Waals surface area contributed by atoms with Crippen LogP contribution in [-0.2, 0) is 6.42 Å². The van der Waals surface area contributed by atoms with E-state index in [0.717, 1.165) is 18.3 Å². The fourth-order valence-electron chi connectivity index (χ4n) is 1.17. The number of hydrogen-bond donors (Lipinski definition) is 0. The standard InChI is InChI=1S/C9H10O.C6H12S/c1-2-8-4-3-5-9(6-8)7-10;1-4-6(2)5-7-3/h3-7H,2H2,1H3;5H,4H2,1-3H3/b;6-5+. The molecule has 1 rings (SSSR count). The van der Waals surface area contributed by atoms with E-state index >= 15 is 0 Å². The van der Waals surface area contributed by atoms with Crippen LogP contribution in [0.1, 0.15) is 43.1 Å². The van der Waals surface area contributed by atoms with Gasteiger partial charge in [0.15, 0.2) is 0 Å². The lowest BCUT2D eigenvalue weighted by molar-refractivity contribution is 0.112. The van der Waals surface area contributed by atoms with E-state index in [1.165, 1.54) is 17.6 Å². The largest absolute Gasteiger partial charge is 0.298 e. The summed E-state index contributed by atoms with van der Waals surface area (Å²) in [5.74, 6) is 0. The van der Waals surface area contributed by atoms with E-state index in [-0.39, 0.29) is 0 Å². The van der Waals surface area contributed by atoms with Crippen LogP contribution in [0.4, 0.5) is 0 Å². The number of benzene rings is 1. The Morgan fingerprint density at radius 1 is 1.35 bits per heavy atom. The minimum atomic E-state index is 0.763. The molecule has 0 amide bonds. The second kappa shape index (κ2) is 10.2. The fourth-order valence-corrected chi connectivity index (χ4v) is 1.74. The van der Waals surface area contributed by atoms with Crippen LogP contribution in [0.3, 0.4) is 0 Å². The van der Waals surface area contributed by atoms with Gasteiger partial charge in [0.05, 0.1) is 0 Å². The first-order valence-electron chi connectivity index (χ1n) is 5.90. The summed E-state index contributed by atoms with van der Waals surface area (Å²) in [5, 5.41) is 2.18. The average Bonchev–Trinajstić information content (AvgIpc) is 2.39. The van der Waals surface area contributed by atoms with E-state index in [2.05, 4.69) is 32.4 Å². The summed E-state index contributed by atoms with van der Waals surface area (Å²) in [7, 11) is 0. The van der Waals surface area contributed by atoms with Crippen LogP contribution in [0, 0.1) is 0 Å². The molecule has 0 atom stereocenters. The molecule has 1 aromatic carbocycles. The summed E-state index contributed by atoms with van der Waals surface area (Å²) >= 11 is 1.77. The Morgan fingerprint density at radius 3 is 2.47 bits per heavy atom. The Kier molecular flexibility index (Phi) is 9.55. The summed E-state index contributed by atoms with van der Waals surface area (Å²) in [4.78, 5) is 10.3. The number of rotatable bonds is 4. The summed E-state index contributed by atoms with van der Waals surface area (Å²) < 4.78 is 0. The maximum absolute atomic E-state index is 10.3. The molecule has 1 nitrogen and oxygen atoms in total. The van der Waals surface area contributed by atoms with Crippen LogP contribution in [0.25, 0.3) is 0 Å². The SMILES string of the molecule is CC/C(C)=C/SC.CCc1cccc(C=O)c1. The van der Waals surface area contributed by atoms with Crippen LogP contribution in [0.15, 0.2) is 35.2 Å². The number of aldehydes is 1. The molecule has 0 N–H and O–H groups in total. The molecule has 94 valence electrons. The van der Waals surface area contributed by atoms with Crippen molar-refractivity contribution in [1.82, 2.24) is 0 Å². The lowest BCUT2D eigenvalue weighted by Gasteiger charge is -1.94. The molecule has 17 heavy (non-hydrogen) atoms. The van der Waals surface area contributed by atoms with Gasteiger partial charge in [0.2, 0.25) is 0 Å². The van der Waals surface area contributed by atoms with Crippen LogP contribution >= 0.6 is 11.8 Å². The second-order valence-corrected chi connectivity index (χ2v) is 4.48. The van der Waals surface area contributed by atoms with E-state index in [1.807, 2.05) is 24.3 Å². The van der Waals surface area contributed by atoms with Gasteiger partial charge in [-0.1, -0.05) is 37.6 Å². The number of carbonyl (C=O) groups excluding carboxylic acids is 1. The van der Waals surface area contributed by atoms with Gasteiger partial charge in [0.25, 0.3) is 0 Å². The number of carbonyl (C=O) groups is 1. The Hall–Kier alpha value is -1.02. The van der Waals surface area contributed by atoms with Crippen molar-refractivity contribution in [2.45, 2.75) is 33.6 Å². The molecule has 0 fully saturated rings. The smallest absolute Gasteiger partial charge is 0.150 e. The molecule has 2 heteroatoms. The fraction of sp³-hybridized carbons (Fsp3) is 0.400. The van der Waals surface area contributed by atoms with Gasteiger partial charge >= 0.3 is 0 Å². The zero-order valence-electron chi connectivity index (χ0n) is 11.2. The molecule has 0 aliphatic heterocycles. The van der Waals surface area contributed by atoms with E-state index < -0.39 is 0 Å². The molecule has 0 radical (unpaired) electrons. The zero-order chi connectivity index (χ0) is 13.1. The Morgan fingerprint density at radius 2 is 2.06 bits per heavy atom. The Balaban J connectivity index is 0.000000325. The average molecular weight is 250 g/mol.